The van der Waals surface area contributed by atoms with E-state index in [-0.39, 0.29) is 12.2 Å². The van der Waals surface area contributed by atoms with Gasteiger partial charge in [-0.2, -0.15) is 0 Å². The highest BCUT2D eigenvalue weighted by Gasteiger charge is 2.35. The Morgan fingerprint density at radius 3 is 2.59 bits per heavy atom. The van der Waals surface area contributed by atoms with Gasteiger partial charge in [0.2, 0.25) is 0 Å². The summed E-state index contributed by atoms with van der Waals surface area (Å²) in [6.07, 6.45) is 1.24. The minimum absolute atomic E-state index is 0.115. The van der Waals surface area contributed by atoms with E-state index in [1.54, 1.807) is 24.3 Å². The molecule has 8 heteroatoms. The summed E-state index contributed by atoms with van der Waals surface area (Å²) in [5, 5.41) is 2.06. The van der Waals surface area contributed by atoms with Gasteiger partial charge < -0.3 is 24.8 Å². The average Bonchev–Trinajstić information content (AvgIpc) is 2.55. The third-order valence-electron chi connectivity index (χ3n) is 4.68. The number of nitrogens with two attached hydrogens (primary N) is 1. The van der Waals surface area contributed by atoms with Crippen LogP contribution in [0.3, 0.4) is 0 Å². The van der Waals surface area contributed by atoms with E-state index >= 15 is 0 Å². The van der Waals surface area contributed by atoms with Crippen LogP contribution in [-0.2, 0) is 15.0 Å². The van der Waals surface area contributed by atoms with Crippen molar-refractivity contribution in [3.63, 3.8) is 0 Å². The maximum Gasteiger partial charge on any atom is 0.410 e. The monoisotopic (exact) mass is 421 g/mol. The standard InChI is InChI=1S/C21H28ClN3O4/c1-20(2,3)29-19(26)25-10-13(11-25)28-17-7-6-16(21(4,23)12-27-5)14-8-18(22)24-9-15(14)17/h6-9,13H,10-12,23H2,1-5H3/t21-/m1/s1. The molecule has 2 N–H and O–H groups in total. The number of halogens is 1. The van der Waals surface area contributed by atoms with E-state index < -0.39 is 11.1 Å². The molecule has 1 saturated heterocycles. The molecule has 1 aliphatic rings. The molecule has 1 aromatic carbocycles. The molecule has 2 heterocycles. The van der Waals surface area contributed by atoms with Crippen molar-refractivity contribution in [3.8, 4) is 5.75 Å². The van der Waals surface area contributed by atoms with Gasteiger partial charge in [0.1, 0.15) is 22.6 Å². The molecular formula is C21H28ClN3O4. The molecule has 0 unspecified atom stereocenters. The number of amides is 1. The van der Waals surface area contributed by atoms with Gasteiger partial charge in [-0.1, -0.05) is 17.7 Å². The Kier molecular flexibility index (Phi) is 5.94. The maximum atomic E-state index is 12.1. The Morgan fingerprint density at radius 2 is 1.97 bits per heavy atom. The van der Waals surface area contributed by atoms with E-state index in [1.165, 1.54) is 0 Å². The van der Waals surface area contributed by atoms with E-state index in [1.807, 2.05) is 39.8 Å². The Hall–Kier alpha value is -2.09. The van der Waals surface area contributed by atoms with E-state index in [4.69, 9.17) is 31.5 Å². The Morgan fingerprint density at radius 1 is 1.28 bits per heavy atom. The molecule has 1 aromatic heterocycles. The largest absolute Gasteiger partial charge is 0.486 e. The molecule has 7 nitrogen and oxygen atoms in total. The van der Waals surface area contributed by atoms with Gasteiger partial charge in [-0.25, -0.2) is 9.78 Å². The number of hydrogen-bond donors (Lipinski definition) is 1. The van der Waals surface area contributed by atoms with Crippen molar-refractivity contribution in [2.75, 3.05) is 26.8 Å². The van der Waals surface area contributed by atoms with Crippen LogP contribution in [0.5, 0.6) is 5.75 Å². The molecule has 29 heavy (non-hydrogen) atoms. The fourth-order valence-corrected chi connectivity index (χ4v) is 3.49. The predicted octanol–water partition coefficient (Wildman–Crippen LogP) is 3.71. The molecule has 2 aromatic rings. The molecule has 1 atom stereocenters. The Balaban J connectivity index is 1.79. The Bertz CT molecular complexity index is 905. The van der Waals surface area contributed by atoms with Crippen molar-refractivity contribution >= 4 is 28.5 Å². The average molecular weight is 422 g/mol. The summed E-state index contributed by atoms with van der Waals surface area (Å²) in [5.41, 5.74) is 6.16. The molecule has 3 rings (SSSR count). The number of carbonyl (C=O) groups is 1. The zero-order valence-electron chi connectivity index (χ0n) is 17.5. The number of aromatic nitrogens is 1. The molecular weight excluding hydrogens is 394 g/mol. The van der Waals surface area contributed by atoms with Crippen molar-refractivity contribution in [1.82, 2.24) is 9.88 Å². The van der Waals surface area contributed by atoms with Gasteiger partial charge in [0.25, 0.3) is 0 Å². The third kappa shape index (κ3) is 4.91. The Labute approximate surface area is 176 Å². The predicted molar refractivity (Wildman–Crippen MR) is 112 cm³/mol. The number of hydrogen-bond acceptors (Lipinski definition) is 6. The first kappa shape index (κ1) is 21.6. The second kappa shape index (κ2) is 7.97. The zero-order valence-corrected chi connectivity index (χ0v) is 18.2. The van der Waals surface area contributed by atoms with Crippen LogP contribution in [0.1, 0.15) is 33.3 Å². The number of fused-ring (bicyclic) bond motifs is 1. The van der Waals surface area contributed by atoms with E-state index in [9.17, 15) is 4.79 Å². The van der Waals surface area contributed by atoms with Gasteiger partial charge >= 0.3 is 6.09 Å². The summed E-state index contributed by atoms with van der Waals surface area (Å²) < 4.78 is 16.8. The zero-order chi connectivity index (χ0) is 21.4. The van der Waals surface area contributed by atoms with Crippen LogP contribution < -0.4 is 10.5 Å². The number of ether oxygens (including phenoxy) is 3. The molecule has 158 valence electrons. The number of pyridine rings is 1. The summed E-state index contributed by atoms with van der Waals surface area (Å²) in [6.45, 7) is 8.74. The van der Waals surface area contributed by atoms with Crippen LogP contribution in [-0.4, -0.2) is 54.5 Å². The smallest absolute Gasteiger partial charge is 0.410 e. The maximum absolute atomic E-state index is 12.1. The first-order chi connectivity index (χ1) is 13.5. The van der Waals surface area contributed by atoms with Crippen LogP contribution in [0.4, 0.5) is 4.79 Å². The normalized spacial score (nSPS) is 17.0. The van der Waals surface area contributed by atoms with Crippen LogP contribution in [0.2, 0.25) is 5.15 Å². The first-order valence-electron chi connectivity index (χ1n) is 9.51. The highest BCUT2D eigenvalue weighted by atomic mass is 35.5. The second-order valence-corrected chi connectivity index (χ2v) is 9.03. The second-order valence-electron chi connectivity index (χ2n) is 8.64. The lowest BCUT2D eigenvalue weighted by Gasteiger charge is -2.39. The number of methoxy groups -OCH3 is 1. The lowest BCUT2D eigenvalue weighted by Crippen LogP contribution is -2.57. The molecule has 0 saturated carbocycles. The number of rotatable bonds is 5. The van der Waals surface area contributed by atoms with Crippen LogP contribution in [0, 0.1) is 0 Å². The minimum atomic E-state index is -0.694. The summed E-state index contributed by atoms with van der Waals surface area (Å²) >= 11 is 6.14. The van der Waals surface area contributed by atoms with Gasteiger partial charge in [0.15, 0.2) is 0 Å². The minimum Gasteiger partial charge on any atom is -0.486 e. The van der Waals surface area contributed by atoms with E-state index in [0.29, 0.717) is 30.6 Å². The van der Waals surface area contributed by atoms with Crippen LogP contribution >= 0.6 is 11.6 Å². The molecule has 1 fully saturated rings. The van der Waals surface area contributed by atoms with Gasteiger partial charge in [0.05, 0.1) is 25.2 Å². The SMILES string of the molecule is COC[C@@](C)(N)c1ccc(OC2CN(C(=O)OC(C)(C)C)C2)c2cnc(Cl)cc12. The van der Waals surface area contributed by atoms with E-state index in [2.05, 4.69) is 4.98 Å². The molecule has 0 radical (unpaired) electrons. The fraction of sp³-hybridized carbons (Fsp3) is 0.524. The van der Waals surface area contributed by atoms with Gasteiger partial charge in [-0.05, 0) is 50.8 Å². The lowest BCUT2D eigenvalue weighted by molar-refractivity contribution is -0.0217. The van der Waals surface area contributed by atoms with Crippen molar-refractivity contribution in [1.29, 1.82) is 0 Å². The quantitative estimate of drug-likeness (QED) is 0.740. The first-order valence-corrected chi connectivity index (χ1v) is 9.89. The van der Waals surface area contributed by atoms with Crippen molar-refractivity contribution in [2.24, 2.45) is 5.73 Å². The highest BCUT2D eigenvalue weighted by Crippen LogP contribution is 2.35. The van der Waals surface area contributed by atoms with Crippen molar-refractivity contribution in [3.05, 3.63) is 35.1 Å². The molecule has 0 bridgehead atoms. The highest BCUT2D eigenvalue weighted by molar-refractivity contribution is 6.30. The molecule has 0 aliphatic carbocycles. The summed E-state index contributed by atoms with van der Waals surface area (Å²) in [7, 11) is 1.62. The van der Waals surface area contributed by atoms with Crippen molar-refractivity contribution < 1.29 is 19.0 Å². The summed E-state index contributed by atoms with van der Waals surface area (Å²) in [5.74, 6) is 0.676. The van der Waals surface area contributed by atoms with Gasteiger partial charge in [0, 0.05) is 18.7 Å². The molecule has 1 aliphatic heterocycles. The van der Waals surface area contributed by atoms with Crippen molar-refractivity contribution in [2.45, 2.75) is 44.9 Å². The van der Waals surface area contributed by atoms with Crippen LogP contribution in [0.25, 0.3) is 10.8 Å². The fourth-order valence-electron chi connectivity index (χ4n) is 3.33. The van der Waals surface area contributed by atoms with Gasteiger partial charge in [-0.15, -0.1) is 0 Å². The number of likely N-dealkylation sites (tertiary alicyclic amines) is 1. The summed E-state index contributed by atoms with van der Waals surface area (Å²) in [4.78, 5) is 17.9. The van der Waals surface area contributed by atoms with E-state index in [0.717, 1.165) is 16.3 Å². The van der Waals surface area contributed by atoms with Crippen LogP contribution in [0.15, 0.2) is 24.4 Å². The number of benzene rings is 1. The molecule has 0 spiro atoms. The number of carbonyl (C=O) groups excluding carboxylic acids is 1. The van der Waals surface area contributed by atoms with Gasteiger partial charge in [-0.3, -0.25) is 0 Å². The summed E-state index contributed by atoms with van der Waals surface area (Å²) in [6, 6.07) is 5.59. The lowest BCUT2D eigenvalue weighted by atomic mass is 9.89. The number of nitrogens with zero attached hydrogens (tertiary/aromatic N) is 2. The third-order valence-corrected chi connectivity index (χ3v) is 4.89. The molecule has 1 amide bonds. The topological polar surface area (TPSA) is 86.9 Å².